The zero-order valence-electron chi connectivity index (χ0n) is 18.5. The molecular weight excluding hydrogens is 490 g/mol. The van der Waals surface area contributed by atoms with Crippen LogP contribution in [0.15, 0.2) is 60.4 Å². The van der Waals surface area contributed by atoms with Gasteiger partial charge >= 0.3 is 0 Å². The first-order valence-electron chi connectivity index (χ1n) is 10.6. The largest absolute Gasteiger partial charge is 0.468 e. The molecule has 1 atom stereocenters. The Balaban J connectivity index is 1.41. The van der Waals surface area contributed by atoms with Crippen LogP contribution in [-0.2, 0) is 9.59 Å². The van der Waals surface area contributed by atoms with E-state index in [0.29, 0.717) is 57.3 Å². The minimum Gasteiger partial charge on any atom is -0.468 e. The number of allylic oxidation sites excluding steroid dienone is 3. The van der Waals surface area contributed by atoms with Gasteiger partial charge in [-0.15, -0.1) is 10.2 Å². The molecular formula is C22H19N7O4S2. The Labute approximate surface area is 207 Å². The number of Topliss-reactive ketones (excluding diaryl/α,β-unsaturated/α-hetero) is 1. The summed E-state index contributed by atoms with van der Waals surface area (Å²) >= 11 is 2.43. The van der Waals surface area contributed by atoms with Crippen molar-refractivity contribution in [3.05, 3.63) is 58.6 Å². The summed E-state index contributed by atoms with van der Waals surface area (Å²) in [6, 6.07) is 7.25. The third kappa shape index (κ3) is 4.33. The van der Waals surface area contributed by atoms with Crippen LogP contribution in [0.25, 0.3) is 0 Å². The second-order valence-electron chi connectivity index (χ2n) is 7.84. The van der Waals surface area contributed by atoms with Gasteiger partial charge in [-0.25, -0.2) is 0 Å². The number of nitrogens with two attached hydrogens (primary N) is 1. The number of furan rings is 1. The summed E-state index contributed by atoms with van der Waals surface area (Å²) in [6.07, 6.45) is 3.16. The number of nitriles is 1. The Morgan fingerprint density at radius 3 is 3.00 bits per heavy atom. The average Bonchev–Trinajstić information content (AvgIpc) is 3.60. The molecule has 2 aliphatic rings. The number of ketones is 1. The number of carbonyl (C=O) groups is 2. The lowest BCUT2D eigenvalue weighted by molar-refractivity contribution is -0.116. The monoisotopic (exact) mass is 509 g/mol. The molecule has 1 amide bonds. The smallest absolute Gasteiger partial charge is 0.236 e. The molecule has 3 aromatic rings. The number of thioether (sulfide) groups is 1. The molecule has 5 rings (SSSR count). The summed E-state index contributed by atoms with van der Waals surface area (Å²) in [7, 11) is 0. The number of nitrogens with zero attached hydrogens (tertiary/aromatic N) is 5. The number of carbonyl (C=O) groups excluding carboxylic acids is 2. The van der Waals surface area contributed by atoms with Crippen molar-refractivity contribution in [2.45, 2.75) is 36.4 Å². The molecule has 11 nitrogen and oxygen atoms in total. The maximum absolute atomic E-state index is 13.0. The number of anilines is 2. The molecule has 3 aromatic heterocycles. The van der Waals surface area contributed by atoms with Gasteiger partial charge in [0.25, 0.3) is 0 Å². The highest BCUT2D eigenvalue weighted by molar-refractivity contribution is 8.01. The van der Waals surface area contributed by atoms with E-state index in [1.807, 2.05) is 0 Å². The quantitative estimate of drug-likeness (QED) is 0.467. The molecule has 0 spiro atoms. The van der Waals surface area contributed by atoms with Crippen LogP contribution in [0.4, 0.5) is 10.9 Å². The fraction of sp³-hybridized carbons (Fsp3) is 0.273. The van der Waals surface area contributed by atoms with E-state index in [2.05, 4.69) is 26.7 Å². The maximum atomic E-state index is 13.0. The maximum Gasteiger partial charge on any atom is 0.236 e. The van der Waals surface area contributed by atoms with E-state index >= 15 is 0 Å². The van der Waals surface area contributed by atoms with E-state index in [0.717, 1.165) is 0 Å². The van der Waals surface area contributed by atoms with E-state index in [-0.39, 0.29) is 28.8 Å². The van der Waals surface area contributed by atoms with Gasteiger partial charge in [-0.05, 0) is 31.9 Å². The number of hydrogen-bond donors (Lipinski definition) is 2. The van der Waals surface area contributed by atoms with Crippen LogP contribution in [0.2, 0.25) is 0 Å². The molecule has 0 aromatic carbocycles. The van der Waals surface area contributed by atoms with Gasteiger partial charge in [-0.2, -0.15) is 5.26 Å². The minimum absolute atomic E-state index is 0.0447. The van der Waals surface area contributed by atoms with E-state index < -0.39 is 5.92 Å². The van der Waals surface area contributed by atoms with Crippen molar-refractivity contribution in [2.24, 2.45) is 5.73 Å². The Kier molecular flexibility index (Phi) is 6.14. The van der Waals surface area contributed by atoms with Crippen LogP contribution in [0, 0.1) is 18.3 Å². The zero-order chi connectivity index (χ0) is 24.5. The highest BCUT2D eigenvalue weighted by atomic mass is 32.2. The molecule has 0 bridgehead atoms. The van der Waals surface area contributed by atoms with Crippen molar-refractivity contribution in [3.8, 4) is 6.07 Å². The fourth-order valence-electron chi connectivity index (χ4n) is 4.13. The van der Waals surface area contributed by atoms with Crippen LogP contribution in [0.1, 0.15) is 36.7 Å². The molecule has 178 valence electrons. The Bertz CT molecular complexity index is 1400. The third-order valence-electron chi connectivity index (χ3n) is 5.55. The van der Waals surface area contributed by atoms with Gasteiger partial charge in [0.1, 0.15) is 17.3 Å². The van der Waals surface area contributed by atoms with E-state index in [4.69, 9.17) is 14.7 Å². The van der Waals surface area contributed by atoms with Crippen LogP contribution in [0.3, 0.4) is 0 Å². The van der Waals surface area contributed by atoms with Crippen molar-refractivity contribution in [1.29, 1.82) is 5.26 Å². The van der Waals surface area contributed by atoms with Gasteiger partial charge in [-0.3, -0.25) is 14.5 Å². The number of rotatable bonds is 6. The van der Waals surface area contributed by atoms with Gasteiger partial charge in [0.15, 0.2) is 15.9 Å². The average molecular weight is 510 g/mol. The number of aromatic nitrogens is 3. The highest BCUT2D eigenvalue weighted by Gasteiger charge is 2.42. The number of amides is 1. The molecule has 13 heteroatoms. The van der Waals surface area contributed by atoms with Gasteiger partial charge in [0.2, 0.25) is 11.0 Å². The van der Waals surface area contributed by atoms with Crippen LogP contribution in [-0.4, -0.2) is 32.8 Å². The molecule has 1 aliphatic heterocycles. The van der Waals surface area contributed by atoms with Crippen molar-refractivity contribution >= 4 is 45.7 Å². The summed E-state index contributed by atoms with van der Waals surface area (Å²) in [6.45, 7) is 1.73. The lowest BCUT2D eigenvalue weighted by Crippen LogP contribution is -2.38. The van der Waals surface area contributed by atoms with Gasteiger partial charge in [-0.1, -0.05) is 28.3 Å². The lowest BCUT2D eigenvalue weighted by Gasteiger charge is -2.37. The zero-order valence-corrected chi connectivity index (χ0v) is 20.1. The SMILES string of the molecule is Cc1cc(NC(=O)CSc2nnc(N3C(N)=C(C#N)C(c4ccco4)C4=C3CCCC4=O)s2)no1. The number of hydrogen-bond acceptors (Lipinski definition) is 12. The summed E-state index contributed by atoms with van der Waals surface area (Å²) in [4.78, 5) is 26.9. The molecule has 4 heterocycles. The molecule has 0 saturated carbocycles. The third-order valence-corrected chi connectivity index (χ3v) is 7.59. The van der Waals surface area contributed by atoms with E-state index in [1.165, 1.54) is 29.4 Å². The summed E-state index contributed by atoms with van der Waals surface area (Å²) in [5.74, 6) is 0.735. The second kappa shape index (κ2) is 9.40. The molecule has 1 aliphatic carbocycles. The van der Waals surface area contributed by atoms with Crippen LogP contribution >= 0.6 is 23.1 Å². The Morgan fingerprint density at radius 2 is 2.29 bits per heavy atom. The predicted molar refractivity (Wildman–Crippen MR) is 127 cm³/mol. The molecule has 0 radical (unpaired) electrons. The molecule has 0 fully saturated rings. The summed E-state index contributed by atoms with van der Waals surface area (Å²) in [5.41, 5.74) is 7.91. The normalized spacial score (nSPS) is 18.0. The number of nitrogens with one attached hydrogen (secondary N) is 1. The van der Waals surface area contributed by atoms with E-state index in [1.54, 1.807) is 30.0 Å². The second-order valence-corrected chi connectivity index (χ2v) is 10.0. The van der Waals surface area contributed by atoms with Crippen LogP contribution in [0.5, 0.6) is 0 Å². The van der Waals surface area contributed by atoms with Crippen LogP contribution < -0.4 is 16.0 Å². The standard InChI is InChI=1S/C22H19N7O4S2/c1-11-8-16(28-33-11)25-17(31)10-34-22-27-26-21(35-22)29-13-4-2-5-14(30)19(13)18(12(9-23)20(29)24)15-6-3-7-32-15/h3,6-8,18H,2,4-5,10,24H2,1H3,(H,25,28,31). The van der Waals surface area contributed by atoms with Gasteiger partial charge < -0.3 is 20.0 Å². The first-order valence-corrected chi connectivity index (χ1v) is 12.5. The number of aryl methyl sites for hydroxylation is 1. The molecule has 0 saturated heterocycles. The molecule has 1 unspecified atom stereocenters. The van der Waals surface area contributed by atoms with E-state index in [9.17, 15) is 14.9 Å². The topological polar surface area (TPSA) is 164 Å². The molecule has 3 N–H and O–H groups in total. The van der Waals surface area contributed by atoms with Crippen molar-refractivity contribution in [1.82, 2.24) is 15.4 Å². The minimum atomic E-state index is -0.653. The van der Waals surface area contributed by atoms with Crippen molar-refractivity contribution in [3.63, 3.8) is 0 Å². The Morgan fingerprint density at radius 1 is 1.43 bits per heavy atom. The Hall–Kier alpha value is -3.89. The summed E-state index contributed by atoms with van der Waals surface area (Å²) in [5, 5.41) is 25.2. The molecule has 35 heavy (non-hydrogen) atoms. The first-order chi connectivity index (χ1) is 17.0. The first kappa shape index (κ1) is 22.9. The van der Waals surface area contributed by atoms with Crippen molar-refractivity contribution < 1.29 is 18.5 Å². The lowest BCUT2D eigenvalue weighted by atomic mass is 9.78. The van der Waals surface area contributed by atoms with Gasteiger partial charge in [0.05, 0.1) is 29.6 Å². The fourth-order valence-corrected chi connectivity index (χ4v) is 5.81. The predicted octanol–water partition coefficient (Wildman–Crippen LogP) is 3.46. The van der Waals surface area contributed by atoms with Crippen molar-refractivity contribution in [2.75, 3.05) is 16.0 Å². The highest BCUT2D eigenvalue weighted by Crippen LogP contribution is 2.47. The van der Waals surface area contributed by atoms with Gasteiger partial charge in [0, 0.05) is 23.8 Å². The summed E-state index contributed by atoms with van der Waals surface area (Å²) < 4.78 is 11.0.